The summed E-state index contributed by atoms with van der Waals surface area (Å²) in [6.07, 6.45) is 0.924. The Labute approximate surface area is 162 Å². The highest BCUT2D eigenvalue weighted by atomic mass is 79.9. The molecule has 0 atom stereocenters. The molecule has 1 amide bonds. The van der Waals surface area contributed by atoms with E-state index in [1.54, 1.807) is 18.2 Å². The Morgan fingerprint density at radius 2 is 1.96 bits per heavy atom. The lowest BCUT2D eigenvalue weighted by Crippen LogP contribution is -2.34. The molecule has 2 rings (SSSR count). The number of nitrogens with one attached hydrogen (secondary N) is 2. The fraction of sp³-hybridized carbons (Fsp3) is 0.263. The minimum atomic E-state index is -0.273. The summed E-state index contributed by atoms with van der Waals surface area (Å²) in [5, 5.41) is 6.01. The van der Waals surface area contributed by atoms with E-state index in [1.165, 1.54) is 5.56 Å². The van der Waals surface area contributed by atoms with Crippen LogP contribution in [0.15, 0.2) is 40.9 Å². The predicted molar refractivity (Wildman–Crippen MR) is 110 cm³/mol. The van der Waals surface area contributed by atoms with Crippen LogP contribution in [0.4, 0.5) is 5.69 Å². The van der Waals surface area contributed by atoms with Crippen molar-refractivity contribution < 1.29 is 9.53 Å². The smallest absolute Gasteiger partial charge is 0.257 e. The molecule has 0 aliphatic heterocycles. The number of carbonyl (C=O) groups excluding carboxylic acids is 1. The number of aryl methyl sites for hydroxylation is 2. The fourth-order valence-electron chi connectivity index (χ4n) is 2.25. The quantitative estimate of drug-likeness (QED) is 0.669. The second-order valence-corrected chi connectivity index (χ2v) is 6.98. The molecule has 0 radical (unpaired) electrons. The second-order valence-electron chi connectivity index (χ2n) is 5.72. The molecular weight excluding hydrogens is 400 g/mol. The third-order valence-electron chi connectivity index (χ3n) is 3.51. The molecule has 0 heterocycles. The van der Waals surface area contributed by atoms with E-state index >= 15 is 0 Å². The number of thiocarbonyl (C=S) groups is 1. The van der Waals surface area contributed by atoms with Crippen molar-refractivity contribution in [2.45, 2.75) is 27.2 Å². The third kappa shape index (κ3) is 5.54. The van der Waals surface area contributed by atoms with Crippen LogP contribution in [0, 0.1) is 13.8 Å². The maximum Gasteiger partial charge on any atom is 0.257 e. The number of carbonyl (C=O) groups is 1. The Morgan fingerprint density at radius 3 is 2.60 bits per heavy atom. The molecule has 0 saturated carbocycles. The van der Waals surface area contributed by atoms with Crippen molar-refractivity contribution in [3.8, 4) is 5.75 Å². The Balaban J connectivity index is 2.01. The van der Waals surface area contributed by atoms with Crippen LogP contribution in [0.2, 0.25) is 0 Å². The molecule has 2 N–H and O–H groups in total. The van der Waals surface area contributed by atoms with Crippen molar-refractivity contribution in [3.05, 3.63) is 57.6 Å². The highest BCUT2D eigenvalue weighted by Gasteiger charge is 2.11. The molecule has 0 bridgehead atoms. The van der Waals surface area contributed by atoms with E-state index in [-0.39, 0.29) is 11.0 Å². The van der Waals surface area contributed by atoms with Gasteiger partial charge in [0.25, 0.3) is 5.91 Å². The fourth-order valence-corrected chi connectivity index (χ4v) is 2.95. The Morgan fingerprint density at radius 1 is 1.20 bits per heavy atom. The number of hydrogen-bond donors (Lipinski definition) is 2. The minimum absolute atomic E-state index is 0.263. The lowest BCUT2D eigenvalue weighted by Gasteiger charge is -2.13. The molecular formula is C19H21BrN2O2S. The zero-order chi connectivity index (χ0) is 18.4. The zero-order valence-electron chi connectivity index (χ0n) is 14.5. The molecule has 0 aromatic heterocycles. The van der Waals surface area contributed by atoms with Gasteiger partial charge >= 0.3 is 0 Å². The van der Waals surface area contributed by atoms with Gasteiger partial charge in [-0.05, 0) is 78.2 Å². The highest BCUT2D eigenvalue weighted by molar-refractivity contribution is 9.10. The Bertz CT molecular complexity index is 793. The molecule has 0 saturated heterocycles. The molecule has 25 heavy (non-hydrogen) atoms. The van der Waals surface area contributed by atoms with E-state index in [0.717, 1.165) is 27.9 Å². The summed E-state index contributed by atoms with van der Waals surface area (Å²) in [7, 11) is 0. The number of benzene rings is 2. The van der Waals surface area contributed by atoms with Crippen LogP contribution in [0.1, 0.15) is 34.8 Å². The largest absolute Gasteiger partial charge is 0.492 e. The summed E-state index contributed by atoms with van der Waals surface area (Å²) in [4.78, 5) is 12.4. The summed E-state index contributed by atoms with van der Waals surface area (Å²) in [5.41, 5.74) is 3.62. The first-order valence-electron chi connectivity index (χ1n) is 8.02. The number of ether oxygens (including phenoxy) is 1. The number of amides is 1. The molecule has 0 spiro atoms. The molecule has 0 aliphatic rings. The first kappa shape index (κ1) is 19.4. The van der Waals surface area contributed by atoms with Crippen LogP contribution in [0.25, 0.3) is 0 Å². The molecule has 0 aliphatic carbocycles. The van der Waals surface area contributed by atoms with Gasteiger partial charge in [-0.25, -0.2) is 0 Å². The standard InChI is InChI=1S/C19H21BrN2O2S/c1-4-9-24-17-8-6-14(11-15(17)20)18(23)22-19(25)21-16-7-5-12(2)10-13(16)3/h5-8,10-11H,4,9H2,1-3H3,(H2,21,22,23,25). The number of hydrogen-bond acceptors (Lipinski definition) is 3. The minimum Gasteiger partial charge on any atom is -0.492 e. The Kier molecular flexibility index (Phi) is 6.96. The lowest BCUT2D eigenvalue weighted by atomic mass is 10.1. The first-order chi connectivity index (χ1) is 11.9. The molecule has 0 unspecified atom stereocenters. The van der Waals surface area contributed by atoms with Gasteiger partial charge in [-0.15, -0.1) is 0 Å². The van der Waals surface area contributed by atoms with Crippen LogP contribution < -0.4 is 15.4 Å². The average molecular weight is 421 g/mol. The summed E-state index contributed by atoms with van der Waals surface area (Å²) < 4.78 is 6.32. The van der Waals surface area contributed by atoms with Crippen LogP contribution in [-0.2, 0) is 0 Å². The van der Waals surface area contributed by atoms with Gasteiger partial charge in [0.05, 0.1) is 11.1 Å². The van der Waals surface area contributed by atoms with Gasteiger partial charge < -0.3 is 10.1 Å². The summed E-state index contributed by atoms with van der Waals surface area (Å²) in [6.45, 7) is 6.70. The van der Waals surface area contributed by atoms with Gasteiger partial charge in [-0.3, -0.25) is 10.1 Å². The third-order valence-corrected chi connectivity index (χ3v) is 4.34. The van der Waals surface area contributed by atoms with Gasteiger partial charge in [0, 0.05) is 11.3 Å². The molecule has 2 aromatic carbocycles. The van der Waals surface area contributed by atoms with Gasteiger partial charge in [-0.2, -0.15) is 0 Å². The van der Waals surface area contributed by atoms with Crippen molar-refractivity contribution in [2.24, 2.45) is 0 Å². The average Bonchev–Trinajstić information content (AvgIpc) is 2.56. The lowest BCUT2D eigenvalue weighted by molar-refractivity contribution is 0.0977. The van der Waals surface area contributed by atoms with Gasteiger partial charge in [-0.1, -0.05) is 24.6 Å². The number of rotatable bonds is 5. The van der Waals surface area contributed by atoms with Gasteiger partial charge in [0.2, 0.25) is 0 Å². The topological polar surface area (TPSA) is 50.4 Å². The van der Waals surface area contributed by atoms with Crippen LogP contribution in [0.5, 0.6) is 5.75 Å². The number of anilines is 1. The van der Waals surface area contributed by atoms with Crippen LogP contribution in [-0.4, -0.2) is 17.6 Å². The molecule has 132 valence electrons. The van der Waals surface area contributed by atoms with E-state index in [1.807, 2.05) is 32.9 Å². The summed E-state index contributed by atoms with van der Waals surface area (Å²) >= 11 is 8.67. The van der Waals surface area contributed by atoms with Crippen molar-refractivity contribution in [1.29, 1.82) is 0 Å². The molecule has 2 aromatic rings. The van der Waals surface area contributed by atoms with Crippen molar-refractivity contribution in [1.82, 2.24) is 5.32 Å². The summed E-state index contributed by atoms with van der Waals surface area (Å²) in [6, 6.07) is 11.2. The number of halogens is 1. The van der Waals surface area contributed by atoms with E-state index in [4.69, 9.17) is 17.0 Å². The van der Waals surface area contributed by atoms with Crippen LogP contribution >= 0.6 is 28.1 Å². The van der Waals surface area contributed by atoms with Gasteiger partial charge in [0.1, 0.15) is 5.75 Å². The SMILES string of the molecule is CCCOc1ccc(C(=O)NC(=S)Nc2ccc(C)cc2C)cc1Br. The predicted octanol–water partition coefficient (Wildman–Crippen LogP) is 4.98. The first-order valence-corrected chi connectivity index (χ1v) is 9.22. The zero-order valence-corrected chi connectivity index (χ0v) is 16.9. The van der Waals surface area contributed by atoms with Crippen molar-refractivity contribution in [2.75, 3.05) is 11.9 Å². The van der Waals surface area contributed by atoms with Crippen molar-refractivity contribution >= 4 is 44.9 Å². The van der Waals surface area contributed by atoms with Crippen LogP contribution in [0.3, 0.4) is 0 Å². The Hall–Kier alpha value is -1.92. The van der Waals surface area contributed by atoms with Crippen molar-refractivity contribution in [3.63, 3.8) is 0 Å². The van der Waals surface area contributed by atoms with E-state index in [9.17, 15) is 4.79 Å². The highest BCUT2D eigenvalue weighted by Crippen LogP contribution is 2.26. The normalized spacial score (nSPS) is 10.2. The maximum atomic E-state index is 12.4. The molecule has 6 heteroatoms. The monoisotopic (exact) mass is 420 g/mol. The van der Waals surface area contributed by atoms with E-state index in [2.05, 4.69) is 32.6 Å². The second kappa shape index (κ2) is 8.97. The molecule has 0 fully saturated rings. The van der Waals surface area contributed by atoms with E-state index in [0.29, 0.717) is 12.2 Å². The summed E-state index contributed by atoms with van der Waals surface area (Å²) in [5.74, 6) is 0.444. The van der Waals surface area contributed by atoms with Gasteiger partial charge in [0.15, 0.2) is 5.11 Å². The maximum absolute atomic E-state index is 12.4. The molecule has 4 nitrogen and oxygen atoms in total. The van der Waals surface area contributed by atoms with E-state index < -0.39 is 0 Å².